The van der Waals surface area contributed by atoms with Gasteiger partial charge in [-0.25, -0.2) is 0 Å². The first-order valence-corrected chi connectivity index (χ1v) is 6.02. The van der Waals surface area contributed by atoms with E-state index in [0.29, 0.717) is 0 Å². The summed E-state index contributed by atoms with van der Waals surface area (Å²) in [7, 11) is -4.20. The molecule has 4 nitrogen and oxygen atoms in total. The molecule has 0 amide bonds. The molecule has 0 saturated heterocycles. The van der Waals surface area contributed by atoms with Crippen molar-refractivity contribution in [3.63, 3.8) is 0 Å². The van der Waals surface area contributed by atoms with Crippen molar-refractivity contribution in [3.8, 4) is 0 Å². The molecule has 0 unspecified atom stereocenters. The summed E-state index contributed by atoms with van der Waals surface area (Å²) in [6.45, 7) is 0. The molecule has 3 N–H and O–H groups in total. The highest BCUT2D eigenvalue weighted by atomic mass is 32.2. The molecule has 1 aromatic carbocycles. The lowest BCUT2D eigenvalue weighted by Gasteiger charge is -2.03. The zero-order chi connectivity index (χ0) is 10.1. The summed E-state index contributed by atoms with van der Waals surface area (Å²) in [5.41, 5.74) is 5.44. The fourth-order valence-corrected chi connectivity index (χ4v) is 2.02. The first kappa shape index (κ1) is 10.4. The summed E-state index contributed by atoms with van der Waals surface area (Å²) < 4.78 is 30.3. The fraction of sp³-hybridized carbons (Fsp3) is 0.143. The van der Waals surface area contributed by atoms with Crippen LogP contribution in [-0.4, -0.2) is 19.2 Å². The van der Waals surface area contributed by atoms with Crippen LogP contribution in [-0.2, 0) is 10.1 Å². The average Bonchev–Trinajstić information content (AvgIpc) is 2.03. The number of benzene rings is 1. The molecule has 13 heavy (non-hydrogen) atoms. The monoisotopic (exact) mass is 219 g/mol. The van der Waals surface area contributed by atoms with Crippen molar-refractivity contribution >= 4 is 27.6 Å². The standard InChI is InChI=1S/C7H9NO3S2/c1-12-5-2-3-6(8)7(4-5)13(9,10)11/h2-4H,8H2,1H3,(H,9,10,11). The summed E-state index contributed by atoms with van der Waals surface area (Å²) in [6, 6.07) is 4.49. The molecule has 6 heteroatoms. The maximum absolute atomic E-state index is 10.8. The van der Waals surface area contributed by atoms with E-state index in [-0.39, 0.29) is 10.6 Å². The molecular weight excluding hydrogens is 210 g/mol. The number of hydrogen-bond acceptors (Lipinski definition) is 4. The zero-order valence-corrected chi connectivity index (χ0v) is 8.52. The Kier molecular flexibility index (Phi) is 2.84. The van der Waals surface area contributed by atoms with Crippen LogP contribution in [0.4, 0.5) is 5.69 Å². The first-order valence-electron chi connectivity index (χ1n) is 3.36. The summed E-state index contributed by atoms with van der Waals surface area (Å²) in [5.74, 6) is 0. The number of nitrogens with two attached hydrogens (primary N) is 1. The summed E-state index contributed by atoms with van der Waals surface area (Å²) in [4.78, 5) is 0.501. The van der Waals surface area contributed by atoms with E-state index in [0.717, 1.165) is 4.90 Å². The third-order valence-electron chi connectivity index (χ3n) is 1.50. The van der Waals surface area contributed by atoms with Gasteiger partial charge in [0.15, 0.2) is 0 Å². The van der Waals surface area contributed by atoms with Crippen molar-refractivity contribution in [2.24, 2.45) is 0 Å². The van der Waals surface area contributed by atoms with Crippen LogP contribution in [0.2, 0.25) is 0 Å². The largest absolute Gasteiger partial charge is 0.398 e. The molecule has 0 spiro atoms. The van der Waals surface area contributed by atoms with Crippen LogP contribution in [0.1, 0.15) is 0 Å². The second kappa shape index (κ2) is 3.57. The molecule has 0 aliphatic heterocycles. The van der Waals surface area contributed by atoms with E-state index >= 15 is 0 Å². The Balaban J connectivity index is 3.36. The normalized spacial score (nSPS) is 11.5. The maximum atomic E-state index is 10.8. The lowest BCUT2D eigenvalue weighted by atomic mass is 10.3. The van der Waals surface area contributed by atoms with Crippen LogP contribution in [0.3, 0.4) is 0 Å². The second-order valence-electron chi connectivity index (χ2n) is 2.38. The van der Waals surface area contributed by atoms with Gasteiger partial charge in [0.1, 0.15) is 4.90 Å². The Morgan fingerprint density at radius 2 is 2.08 bits per heavy atom. The molecule has 0 aromatic heterocycles. The summed E-state index contributed by atoms with van der Waals surface area (Å²) in [5, 5.41) is 0. The Bertz CT molecular complexity index is 414. The SMILES string of the molecule is CSc1ccc(N)c(S(=O)(=O)O)c1. The molecule has 0 heterocycles. The Morgan fingerprint density at radius 1 is 1.46 bits per heavy atom. The van der Waals surface area contributed by atoms with E-state index in [1.54, 1.807) is 12.3 Å². The van der Waals surface area contributed by atoms with Gasteiger partial charge in [-0.1, -0.05) is 0 Å². The van der Waals surface area contributed by atoms with E-state index in [4.69, 9.17) is 10.3 Å². The van der Waals surface area contributed by atoms with Gasteiger partial charge in [-0.3, -0.25) is 4.55 Å². The molecule has 1 aromatic rings. The minimum atomic E-state index is -4.20. The molecule has 0 fully saturated rings. The van der Waals surface area contributed by atoms with Crippen molar-refractivity contribution in [1.29, 1.82) is 0 Å². The predicted molar refractivity (Wildman–Crippen MR) is 52.5 cm³/mol. The number of anilines is 1. The minimum absolute atomic E-state index is 0.0558. The van der Waals surface area contributed by atoms with Gasteiger partial charge in [0.05, 0.1) is 5.69 Å². The van der Waals surface area contributed by atoms with Gasteiger partial charge in [-0.2, -0.15) is 8.42 Å². The number of hydrogen-bond donors (Lipinski definition) is 2. The van der Waals surface area contributed by atoms with Gasteiger partial charge in [-0.15, -0.1) is 11.8 Å². The average molecular weight is 219 g/mol. The molecular formula is C7H9NO3S2. The van der Waals surface area contributed by atoms with E-state index in [1.165, 1.54) is 23.9 Å². The van der Waals surface area contributed by atoms with Crippen molar-refractivity contribution in [1.82, 2.24) is 0 Å². The molecule has 0 aliphatic carbocycles. The predicted octanol–water partition coefficient (Wildman–Crippen LogP) is 1.24. The molecule has 0 aliphatic rings. The lowest BCUT2D eigenvalue weighted by molar-refractivity contribution is 0.483. The van der Waals surface area contributed by atoms with Crippen LogP contribution < -0.4 is 5.73 Å². The number of thioether (sulfide) groups is 1. The van der Waals surface area contributed by atoms with Crippen LogP contribution in [0, 0.1) is 0 Å². The molecule has 72 valence electrons. The van der Waals surface area contributed by atoms with Crippen molar-refractivity contribution in [2.75, 3.05) is 12.0 Å². The third-order valence-corrected chi connectivity index (χ3v) is 3.13. The zero-order valence-electron chi connectivity index (χ0n) is 6.89. The van der Waals surface area contributed by atoms with Crippen LogP contribution in [0.25, 0.3) is 0 Å². The van der Waals surface area contributed by atoms with Crippen molar-refractivity contribution in [2.45, 2.75) is 9.79 Å². The summed E-state index contributed by atoms with van der Waals surface area (Å²) in [6.07, 6.45) is 1.80. The maximum Gasteiger partial charge on any atom is 0.296 e. The number of nitrogen functional groups attached to an aromatic ring is 1. The van der Waals surface area contributed by atoms with E-state index in [9.17, 15) is 8.42 Å². The van der Waals surface area contributed by atoms with E-state index in [2.05, 4.69) is 0 Å². The molecule has 0 atom stereocenters. The van der Waals surface area contributed by atoms with Gasteiger partial charge in [0.25, 0.3) is 10.1 Å². The smallest absolute Gasteiger partial charge is 0.296 e. The van der Waals surface area contributed by atoms with Gasteiger partial charge in [0.2, 0.25) is 0 Å². The van der Waals surface area contributed by atoms with Gasteiger partial charge in [0, 0.05) is 4.90 Å². The highest BCUT2D eigenvalue weighted by Crippen LogP contribution is 2.24. The molecule has 0 saturated carbocycles. The number of rotatable bonds is 2. The van der Waals surface area contributed by atoms with E-state index < -0.39 is 10.1 Å². The first-order chi connectivity index (χ1) is 5.95. The summed E-state index contributed by atoms with van der Waals surface area (Å²) >= 11 is 1.38. The molecule has 0 bridgehead atoms. The third kappa shape index (κ3) is 2.36. The Hall–Kier alpha value is -0.720. The van der Waals surface area contributed by atoms with Gasteiger partial charge >= 0.3 is 0 Å². The fourth-order valence-electron chi connectivity index (χ4n) is 0.865. The Labute approximate surface area is 80.9 Å². The second-order valence-corrected chi connectivity index (χ2v) is 4.65. The highest BCUT2D eigenvalue weighted by Gasteiger charge is 2.13. The van der Waals surface area contributed by atoms with Gasteiger partial charge in [-0.05, 0) is 24.5 Å². The molecule has 0 radical (unpaired) electrons. The van der Waals surface area contributed by atoms with Gasteiger partial charge < -0.3 is 5.73 Å². The molecule has 1 rings (SSSR count). The van der Waals surface area contributed by atoms with Crippen LogP contribution in [0.15, 0.2) is 28.0 Å². The minimum Gasteiger partial charge on any atom is -0.398 e. The Morgan fingerprint density at radius 3 is 2.54 bits per heavy atom. The quantitative estimate of drug-likeness (QED) is 0.444. The van der Waals surface area contributed by atoms with Crippen molar-refractivity contribution in [3.05, 3.63) is 18.2 Å². The van der Waals surface area contributed by atoms with Crippen LogP contribution in [0.5, 0.6) is 0 Å². The topological polar surface area (TPSA) is 80.4 Å². The van der Waals surface area contributed by atoms with Crippen LogP contribution >= 0.6 is 11.8 Å². The van der Waals surface area contributed by atoms with E-state index in [1.807, 2.05) is 0 Å². The lowest BCUT2D eigenvalue weighted by Crippen LogP contribution is -2.02. The highest BCUT2D eigenvalue weighted by molar-refractivity contribution is 7.98. The van der Waals surface area contributed by atoms with Crippen molar-refractivity contribution < 1.29 is 13.0 Å².